The number of nitrogens with zero attached hydrogens (tertiary/aromatic N) is 2. The highest BCUT2D eigenvalue weighted by Crippen LogP contribution is 2.11. The molecule has 0 atom stereocenters. The van der Waals surface area contributed by atoms with Gasteiger partial charge in [-0.05, 0) is 42.0 Å². The van der Waals surface area contributed by atoms with Gasteiger partial charge in [0, 0.05) is 11.1 Å². The molecule has 0 aliphatic rings. The Hall–Kier alpha value is -4.30. The molecule has 0 spiro atoms. The lowest BCUT2D eigenvalue weighted by molar-refractivity contribution is -0.129. The number of aromatic carboxylic acids is 1. The first-order valence-corrected chi connectivity index (χ1v) is 12.5. The van der Waals surface area contributed by atoms with E-state index in [9.17, 15) is 9.59 Å². The van der Waals surface area contributed by atoms with Crippen molar-refractivity contribution in [3.8, 4) is 35.9 Å². The fraction of sp³-hybridized carbons (Fsp3) is 0.167. The zero-order valence-electron chi connectivity index (χ0n) is 17.4. The summed E-state index contributed by atoms with van der Waals surface area (Å²) in [6, 6.07) is 13.3. The Kier molecular flexibility index (Phi) is 9.29. The first-order chi connectivity index (χ1) is 14.6. The molecule has 0 aliphatic heterocycles. The third-order valence-corrected chi connectivity index (χ3v) is 4.37. The van der Waals surface area contributed by atoms with Crippen molar-refractivity contribution in [3.05, 3.63) is 69.8 Å². The summed E-state index contributed by atoms with van der Waals surface area (Å²) >= 11 is 0. The van der Waals surface area contributed by atoms with Crippen LogP contribution in [0.3, 0.4) is 0 Å². The molecule has 0 heterocycles. The van der Waals surface area contributed by atoms with E-state index in [0.29, 0.717) is 17.6 Å². The third kappa shape index (κ3) is 9.16. The van der Waals surface area contributed by atoms with Crippen LogP contribution < -0.4 is 0 Å². The van der Waals surface area contributed by atoms with Crippen LogP contribution in [0.1, 0.15) is 38.2 Å². The largest absolute Gasteiger partial charge is 0.478 e. The number of carbonyl (C=O) groups excluding carboxylic acids is 1. The van der Waals surface area contributed by atoms with Gasteiger partial charge in [-0.25, -0.2) is 4.79 Å². The van der Waals surface area contributed by atoms with Crippen molar-refractivity contribution in [2.75, 3.05) is 0 Å². The summed E-state index contributed by atoms with van der Waals surface area (Å²) in [4.78, 5) is 20.7. The van der Waals surface area contributed by atoms with Crippen LogP contribution in [-0.2, 0) is 16.1 Å². The van der Waals surface area contributed by atoms with Gasteiger partial charge in [-0.2, -0.15) is 10.5 Å². The van der Waals surface area contributed by atoms with E-state index in [-0.39, 0.29) is 17.7 Å². The molecule has 0 unspecified atom stereocenters. The molecule has 1 N–H and O–H groups in total. The number of nitriles is 2. The van der Waals surface area contributed by atoms with E-state index in [1.807, 2.05) is 12.1 Å². The van der Waals surface area contributed by atoms with Gasteiger partial charge in [0.05, 0.1) is 28.8 Å². The van der Waals surface area contributed by atoms with Crippen LogP contribution in [0.15, 0.2) is 36.4 Å². The van der Waals surface area contributed by atoms with Crippen molar-refractivity contribution < 1.29 is 19.4 Å². The molecule has 6 nitrogen and oxygen atoms in total. The number of carboxylic acids is 1. The van der Waals surface area contributed by atoms with Gasteiger partial charge in [0.25, 0.3) is 6.47 Å². The molecule has 0 fully saturated rings. The number of hydrogen-bond acceptors (Lipinski definition) is 5. The fourth-order valence-electron chi connectivity index (χ4n) is 2.20. The predicted molar refractivity (Wildman–Crippen MR) is 118 cm³/mol. The second-order valence-corrected chi connectivity index (χ2v) is 12.0. The molecule has 2 rings (SSSR count). The number of hydrogen-bond donors (Lipinski definition) is 1. The van der Waals surface area contributed by atoms with Crippen LogP contribution >= 0.6 is 0 Å². The minimum absolute atomic E-state index is 0.0343. The SMILES string of the molecule is C#Cc1cc(C#N)cc(C(=O)O)c1.C[Si](C)(C)C#Cc1cc(C#N)cc(COC=O)c1. The van der Waals surface area contributed by atoms with Crippen LogP contribution in [0, 0.1) is 46.5 Å². The fourth-order valence-corrected chi connectivity index (χ4v) is 2.72. The highest BCUT2D eigenvalue weighted by molar-refractivity contribution is 6.83. The van der Waals surface area contributed by atoms with E-state index in [4.69, 9.17) is 22.1 Å². The molecule has 0 radical (unpaired) electrons. The summed E-state index contributed by atoms with van der Waals surface area (Å²) < 4.78 is 4.69. The number of carboxylic acid groups (broad SMARTS) is 1. The predicted octanol–water partition coefficient (Wildman–Crippen LogP) is 3.70. The van der Waals surface area contributed by atoms with Crippen LogP contribution in [0.25, 0.3) is 0 Å². The van der Waals surface area contributed by atoms with Crippen LogP contribution in [0.2, 0.25) is 19.6 Å². The molecule has 0 aliphatic carbocycles. The van der Waals surface area contributed by atoms with Gasteiger partial charge in [0.1, 0.15) is 14.7 Å². The molecule has 154 valence electrons. The maximum atomic E-state index is 10.6. The maximum absolute atomic E-state index is 10.6. The summed E-state index contributed by atoms with van der Waals surface area (Å²) in [5.74, 6) is 4.29. The summed E-state index contributed by atoms with van der Waals surface area (Å²) in [6.45, 7) is 7.03. The lowest BCUT2D eigenvalue weighted by Gasteiger charge is -2.05. The van der Waals surface area contributed by atoms with Gasteiger partial charge >= 0.3 is 5.97 Å². The van der Waals surface area contributed by atoms with Crippen LogP contribution in [0.4, 0.5) is 0 Å². The average Bonchev–Trinajstić information content (AvgIpc) is 2.75. The minimum atomic E-state index is -1.44. The van der Waals surface area contributed by atoms with E-state index < -0.39 is 14.0 Å². The number of carbonyl (C=O) groups is 2. The van der Waals surface area contributed by atoms with E-state index in [1.165, 1.54) is 18.2 Å². The molecule has 0 aromatic heterocycles. The van der Waals surface area contributed by atoms with Gasteiger partial charge in [0.15, 0.2) is 0 Å². The molecule has 0 amide bonds. The van der Waals surface area contributed by atoms with Gasteiger partial charge in [-0.3, -0.25) is 4.79 Å². The molecule has 2 aromatic carbocycles. The summed E-state index contributed by atoms with van der Waals surface area (Å²) in [5.41, 5.74) is 6.03. The molecule has 31 heavy (non-hydrogen) atoms. The Bertz CT molecular complexity index is 1130. The first-order valence-electron chi connectivity index (χ1n) is 8.99. The van der Waals surface area contributed by atoms with Crippen LogP contribution in [-0.4, -0.2) is 25.6 Å². The second-order valence-electron chi connectivity index (χ2n) is 7.30. The minimum Gasteiger partial charge on any atom is -0.478 e. The van der Waals surface area contributed by atoms with E-state index in [1.54, 1.807) is 12.1 Å². The Labute approximate surface area is 182 Å². The maximum Gasteiger partial charge on any atom is 0.335 e. The van der Waals surface area contributed by atoms with Crippen molar-refractivity contribution in [3.63, 3.8) is 0 Å². The number of terminal acetylenes is 1. The van der Waals surface area contributed by atoms with Crippen molar-refractivity contribution in [1.82, 2.24) is 0 Å². The standard InChI is InChI=1S/C14H15NO2Si.C10H5NO2/c1-18(2,3)5-4-12-6-13(9-15)8-14(7-12)10-17-11-16;1-2-7-3-8(6-11)5-9(4-7)10(12)13/h6-8,11H,10H2,1-3H3;1,3-5H,(H,12,13). The summed E-state index contributed by atoms with van der Waals surface area (Å²) in [6.07, 6.45) is 5.09. The third-order valence-electron chi connectivity index (χ3n) is 3.50. The topological polar surface area (TPSA) is 111 Å². The molecular weight excluding hydrogens is 408 g/mol. The van der Waals surface area contributed by atoms with E-state index >= 15 is 0 Å². The first kappa shape index (κ1) is 24.7. The van der Waals surface area contributed by atoms with Gasteiger partial charge < -0.3 is 9.84 Å². The number of benzene rings is 2. The highest BCUT2D eigenvalue weighted by Gasteiger charge is 2.08. The molecule has 0 saturated carbocycles. The van der Waals surface area contributed by atoms with Crippen LogP contribution in [0.5, 0.6) is 0 Å². The van der Waals surface area contributed by atoms with Gasteiger partial charge in [0.2, 0.25) is 0 Å². The summed E-state index contributed by atoms with van der Waals surface area (Å²) in [7, 11) is -1.44. The number of rotatable bonds is 4. The molecule has 0 saturated heterocycles. The van der Waals surface area contributed by atoms with Crippen molar-refractivity contribution in [1.29, 1.82) is 10.5 Å². The lowest BCUT2D eigenvalue weighted by Crippen LogP contribution is -2.16. The zero-order valence-corrected chi connectivity index (χ0v) is 18.4. The Morgan fingerprint density at radius 1 is 1.03 bits per heavy atom. The Balaban J connectivity index is 0.000000327. The molecule has 7 heteroatoms. The van der Waals surface area contributed by atoms with Gasteiger partial charge in [-0.1, -0.05) is 31.5 Å². The monoisotopic (exact) mass is 428 g/mol. The van der Waals surface area contributed by atoms with E-state index in [2.05, 4.69) is 47.8 Å². The molecule has 2 aromatic rings. The Morgan fingerprint density at radius 3 is 2.10 bits per heavy atom. The molecular formula is C24H20N2O4Si. The van der Waals surface area contributed by atoms with Gasteiger partial charge in [-0.15, -0.1) is 12.0 Å². The normalized spacial score (nSPS) is 9.29. The van der Waals surface area contributed by atoms with Crippen molar-refractivity contribution in [2.45, 2.75) is 26.2 Å². The average molecular weight is 429 g/mol. The summed E-state index contributed by atoms with van der Waals surface area (Å²) in [5, 5.41) is 26.1. The van der Waals surface area contributed by atoms with Crippen molar-refractivity contribution in [2.24, 2.45) is 0 Å². The smallest absolute Gasteiger partial charge is 0.335 e. The zero-order chi connectivity index (χ0) is 23.4. The highest BCUT2D eigenvalue weighted by atomic mass is 28.3. The second kappa shape index (κ2) is 11.6. The Morgan fingerprint density at radius 2 is 1.58 bits per heavy atom. The molecule has 0 bridgehead atoms. The van der Waals surface area contributed by atoms with E-state index in [0.717, 1.165) is 11.1 Å². The number of ether oxygens (including phenoxy) is 1. The quantitative estimate of drug-likeness (QED) is 0.452. The lowest BCUT2D eigenvalue weighted by atomic mass is 10.1. The van der Waals surface area contributed by atoms with Crippen molar-refractivity contribution >= 4 is 20.5 Å².